The summed E-state index contributed by atoms with van der Waals surface area (Å²) in [6, 6.07) is 5.37. The number of nitrogens with one attached hydrogen (secondary N) is 1. The monoisotopic (exact) mass is 194 g/mol. The smallest absolute Gasteiger partial charge is 0.197 e. The molecule has 2 heterocycles. The van der Waals surface area contributed by atoms with Crippen molar-refractivity contribution in [1.29, 1.82) is 0 Å². The molecule has 2 aromatic heterocycles. The molecule has 4 nitrogen and oxygen atoms in total. The number of aromatic nitrogens is 3. The Bertz CT molecular complexity index is 424. The number of H-pyrrole nitrogens is 1. The van der Waals surface area contributed by atoms with Gasteiger partial charge in [-0.3, -0.25) is 0 Å². The second-order valence-corrected chi connectivity index (χ2v) is 2.91. The SMILES string of the molecule is Nc1ncc(-c2cccc(Cl)n2)[nH]1. The number of pyridine rings is 1. The fourth-order valence-corrected chi connectivity index (χ4v) is 1.19. The molecule has 0 unspecified atom stereocenters. The van der Waals surface area contributed by atoms with Crippen molar-refractivity contribution in [2.75, 3.05) is 5.73 Å². The van der Waals surface area contributed by atoms with Crippen LogP contribution in [0.4, 0.5) is 5.95 Å². The molecule has 66 valence electrons. The van der Waals surface area contributed by atoms with Crippen LogP contribution in [-0.4, -0.2) is 15.0 Å². The molecule has 5 heteroatoms. The van der Waals surface area contributed by atoms with Crippen LogP contribution in [0.5, 0.6) is 0 Å². The molecule has 2 aromatic rings. The summed E-state index contributed by atoms with van der Waals surface area (Å²) in [7, 11) is 0. The van der Waals surface area contributed by atoms with Gasteiger partial charge in [0.1, 0.15) is 5.15 Å². The van der Waals surface area contributed by atoms with Crippen molar-refractivity contribution in [1.82, 2.24) is 15.0 Å². The van der Waals surface area contributed by atoms with Gasteiger partial charge in [0.05, 0.1) is 17.6 Å². The summed E-state index contributed by atoms with van der Waals surface area (Å²) in [6.07, 6.45) is 1.62. The molecule has 0 fully saturated rings. The minimum atomic E-state index is 0.372. The van der Waals surface area contributed by atoms with Crippen LogP contribution in [0.3, 0.4) is 0 Å². The molecular weight excluding hydrogens is 188 g/mol. The highest BCUT2D eigenvalue weighted by Gasteiger charge is 2.02. The average molecular weight is 195 g/mol. The normalized spacial score (nSPS) is 10.2. The van der Waals surface area contributed by atoms with E-state index in [1.54, 1.807) is 12.3 Å². The molecule has 0 amide bonds. The maximum absolute atomic E-state index is 5.72. The van der Waals surface area contributed by atoms with Gasteiger partial charge in [0.2, 0.25) is 0 Å². The van der Waals surface area contributed by atoms with Gasteiger partial charge in [-0.05, 0) is 12.1 Å². The molecule has 0 radical (unpaired) electrons. The first-order valence-electron chi connectivity index (χ1n) is 3.69. The number of anilines is 1. The minimum absolute atomic E-state index is 0.372. The standard InChI is InChI=1S/C8H7ClN4/c9-7-3-1-2-5(12-7)6-4-11-8(10)13-6/h1-4H,(H3,10,11,13). The highest BCUT2D eigenvalue weighted by molar-refractivity contribution is 6.29. The van der Waals surface area contributed by atoms with Crippen molar-refractivity contribution in [2.45, 2.75) is 0 Å². The third kappa shape index (κ3) is 1.62. The van der Waals surface area contributed by atoms with Crippen molar-refractivity contribution in [3.8, 4) is 11.4 Å². The van der Waals surface area contributed by atoms with Gasteiger partial charge in [0.25, 0.3) is 0 Å². The lowest BCUT2D eigenvalue weighted by Crippen LogP contribution is -1.87. The van der Waals surface area contributed by atoms with Crippen LogP contribution in [0.2, 0.25) is 5.15 Å². The zero-order chi connectivity index (χ0) is 9.26. The van der Waals surface area contributed by atoms with Gasteiger partial charge in [-0.2, -0.15) is 0 Å². The maximum Gasteiger partial charge on any atom is 0.197 e. The van der Waals surface area contributed by atoms with Gasteiger partial charge < -0.3 is 10.7 Å². The van der Waals surface area contributed by atoms with E-state index in [-0.39, 0.29) is 0 Å². The number of aromatic amines is 1. The molecule has 2 rings (SSSR count). The number of nitrogens with zero attached hydrogens (tertiary/aromatic N) is 2. The van der Waals surface area contributed by atoms with Crippen LogP contribution in [0, 0.1) is 0 Å². The van der Waals surface area contributed by atoms with E-state index in [1.165, 1.54) is 0 Å². The molecule has 0 aliphatic carbocycles. The largest absolute Gasteiger partial charge is 0.369 e. The third-order valence-electron chi connectivity index (χ3n) is 1.59. The number of nitrogens with two attached hydrogens (primary N) is 1. The Morgan fingerprint density at radius 1 is 1.38 bits per heavy atom. The van der Waals surface area contributed by atoms with E-state index in [2.05, 4.69) is 15.0 Å². The van der Waals surface area contributed by atoms with Crippen LogP contribution >= 0.6 is 11.6 Å². The predicted octanol–water partition coefficient (Wildman–Crippen LogP) is 1.71. The highest BCUT2D eigenvalue weighted by Crippen LogP contribution is 2.16. The molecule has 0 aliphatic heterocycles. The van der Waals surface area contributed by atoms with E-state index in [0.29, 0.717) is 11.1 Å². The van der Waals surface area contributed by atoms with Crippen LogP contribution in [0.15, 0.2) is 24.4 Å². The highest BCUT2D eigenvalue weighted by atomic mass is 35.5. The van der Waals surface area contributed by atoms with E-state index in [4.69, 9.17) is 17.3 Å². The number of hydrogen-bond acceptors (Lipinski definition) is 3. The van der Waals surface area contributed by atoms with Gasteiger partial charge >= 0.3 is 0 Å². The molecule has 0 spiro atoms. The molecule has 0 aliphatic rings. The molecular formula is C8H7ClN4. The molecule has 3 N–H and O–H groups in total. The Labute approximate surface area is 79.8 Å². The number of nitrogen functional groups attached to an aromatic ring is 1. The summed E-state index contributed by atoms with van der Waals surface area (Å²) in [5.41, 5.74) is 6.92. The van der Waals surface area contributed by atoms with Crippen LogP contribution in [0.25, 0.3) is 11.4 Å². The average Bonchev–Trinajstić information content (AvgIpc) is 2.52. The molecule has 0 saturated heterocycles. The summed E-state index contributed by atoms with van der Waals surface area (Å²) in [4.78, 5) is 10.8. The van der Waals surface area contributed by atoms with Gasteiger partial charge in [-0.25, -0.2) is 9.97 Å². The Balaban J connectivity index is 2.46. The second kappa shape index (κ2) is 3.06. The number of hydrogen-bond donors (Lipinski definition) is 2. The first-order chi connectivity index (χ1) is 6.25. The molecule has 0 aromatic carbocycles. The first-order valence-corrected chi connectivity index (χ1v) is 4.07. The Hall–Kier alpha value is -1.55. The van der Waals surface area contributed by atoms with E-state index in [0.717, 1.165) is 11.4 Å². The zero-order valence-corrected chi connectivity index (χ0v) is 7.42. The number of imidazole rings is 1. The molecule has 13 heavy (non-hydrogen) atoms. The fourth-order valence-electron chi connectivity index (χ4n) is 1.03. The summed E-state index contributed by atoms with van der Waals surface area (Å²) < 4.78 is 0. The van der Waals surface area contributed by atoms with Crippen molar-refractivity contribution in [3.63, 3.8) is 0 Å². The van der Waals surface area contributed by atoms with Crippen molar-refractivity contribution < 1.29 is 0 Å². The van der Waals surface area contributed by atoms with Crippen molar-refractivity contribution in [2.24, 2.45) is 0 Å². The summed E-state index contributed by atoms with van der Waals surface area (Å²) in [5, 5.41) is 0.450. The van der Waals surface area contributed by atoms with Crippen LogP contribution in [0.1, 0.15) is 0 Å². The second-order valence-electron chi connectivity index (χ2n) is 2.53. The maximum atomic E-state index is 5.72. The van der Waals surface area contributed by atoms with E-state index in [1.807, 2.05) is 12.1 Å². The van der Waals surface area contributed by atoms with E-state index < -0.39 is 0 Å². The number of rotatable bonds is 1. The third-order valence-corrected chi connectivity index (χ3v) is 1.80. The van der Waals surface area contributed by atoms with Crippen LogP contribution < -0.4 is 5.73 Å². The topological polar surface area (TPSA) is 67.6 Å². The predicted molar refractivity (Wildman–Crippen MR) is 51.2 cm³/mol. The first kappa shape index (κ1) is 8.07. The molecule has 0 saturated carbocycles. The summed E-state index contributed by atoms with van der Waals surface area (Å²) in [5.74, 6) is 0.372. The number of halogens is 1. The zero-order valence-electron chi connectivity index (χ0n) is 6.66. The van der Waals surface area contributed by atoms with E-state index in [9.17, 15) is 0 Å². The summed E-state index contributed by atoms with van der Waals surface area (Å²) >= 11 is 5.72. The van der Waals surface area contributed by atoms with Crippen molar-refractivity contribution >= 4 is 17.5 Å². The Kier molecular flexibility index (Phi) is 1.90. The lowest BCUT2D eigenvalue weighted by atomic mass is 10.3. The van der Waals surface area contributed by atoms with Gasteiger partial charge in [-0.1, -0.05) is 17.7 Å². The lowest BCUT2D eigenvalue weighted by Gasteiger charge is -1.95. The Morgan fingerprint density at radius 2 is 2.23 bits per heavy atom. The van der Waals surface area contributed by atoms with E-state index >= 15 is 0 Å². The Morgan fingerprint density at radius 3 is 2.85 bits per heavy atom. The van der Waals surface area contributed by atoms with Gasteiger partial charge in [0.15, 0.2) is 5.95 Å². The van der Waals surface area contributed by atoms with Gasteiger partial charge in [0, 0.05) is 0 Å². The van der Waals surface area contributed by atoms with Gasteiger partial charge in [-0.15, -0.1) is 0 Å². The molecule has 0 atom stereocenters. The van der Waals surface area contributed by atoms with Crippen molar-refractivity contribution in [3.05, 3.63) is 29.5 Å². The molecule has 0 bridgehead atoms. The fraction of sp³-hybridized carbons (Fsp3) is 0. The lowest BCUT2D eigenvalue weighted by molar-refractivity contribution is 1.28. The summed E-state index contributed by atoms with van der Waals surface area (Å²) in [6.45, 7) is 0. The minimum Gasteiger partial charge on any atom is -0.369 e. The quantitative estimate of drug-likeness (QED) is 0.679. The van der Waals surface area contributed by atoms with Crippen LogP contribution in [-0.2, 0) is 0 Å².